The van der Waals surface area contributed by atoms with Crippen molar-refractivity contribution < 1.29 is 9.63 Å². The van der Waals surface area contributed by atoms with E-state index in [4.69, 9.17) is 10.6 Å². The van der Waals surface area contributed by atoms with Crippen molar-refractivity contribution in [2.45, 2.75) is 34.6 Å². The lowest BCUT2D eigenvalue weighted by atomic mass is 9.98. The lowest BCUT2D eigenvalue weighted by Gasteiger charge is -2.36. The Morgan fingerprint density at radius 2 is 1.59 bits per heavy atom. The van der Waals surface area contributed by atoms with Gasteiger partial charge in [-0.3, -0.25) is 0 Å². The lowest BCUT2D eigenvalue weighted by molar-refractivity contribution is -0.201. The maximum atomic E-state index is 11.9. The number of benzene rings is 1. The van der Waals surface area contributed by atoms with E-state index in [0.717, 1.165) is 29.9 Å². The molecule has 0 aliphatic carbocycles. The van der Waals surface area contributed by atoms with Gasteiger partial charge in [0.1, 0.15) is 0 Å². The Bertz CT molecular complexity index is 533. The summed E-state index contributed by atoms with van der Waals surface area (Å²) in [6, 6.07) is 4.25. The molecular formula is C17H27N3O2. The molecule has 2 N–H and O–H groups in total. The van der Waals surface area contributed by atoms with Crippen LogP contribution in [0.5, 0.6) is 0 Å². The first-order valence-electron chi connectivity index (χ1n) is 7.77. The van der Waals surface area contributed by atoms with Gasteiger partial charge < -0.3 is 15.5 Å². The molecule has 122 valence electrons. The van der Waals surface area contributed by atoms with Gasteiger partial charge in [-0.1, -0.05) is 0 Å². The molecule has 22 heavy (non-hydrogen) atoms. The molecule has 1 heterocycles. The van der Waals surface area contributed by atoms with Gasteiger partial charge >= 0.3 is 5.97 Å². The third kappa shape index (κ3) is 3.71. The van der Waals surface area contributed by atoms with Crippen molar-refractivity contribution in [2.24, 2.45) is 5.41 Å². The third-order valence-corrected chi connectivity index (χ3v) is 4.01. The van der Waals surface area contributed by atoms with E-state index in [9.17, 15) is 4.79 Å². The second-order valence-electron chi connectivity index (χ2n) is 7.04. The first-order valence-corrected chi connectivity index (χ1v) is 7.77. The van der Waals surface area contributed by atoms with Crippen molar-refractivity contribution in [3.05, 3.63) is 23.3 Å². The number of rotatable bonds is 2. The molecule has 5 heteroatoms. The highest BCUT2D eigenvalue weighted by Gasteiger charge is 2.28. The van der Waals surface area contributed by atoms with Gasteiger partial charge in [0.05, 0.1) is 18.5 Å². The van der Waals surface area contributed by atoms with E-state index < -0.39 is 5.41 Å². The SMILES string of the molecule is Cc1cc(N2CCN(OC(=O)C(C)(C)C)CC2)cc(C)c1N. The van der Waals surface area contributed by atoms with Crippen LogP contribution in [0.4, 0.5) is 11.4 Å². The fourth-order valence-electron chi connectivity index (χ4n) is 2.43. The zero-order valence-electron chi connectivity index (χ0n) is 14.3. The first-order chi connectivity index (χ1) is 10.2. The summed E-state index contributed by atoms with van der Waals surface area (Å²) in [5, 5.41) is 1.76. The highest BCUT2D eigenvalue weighted by atomic mass is 16.7. The number of hydrogen-bond acceptors (Lipinski definition) is 5. The number of carbonyl (C=O) groups excluding carboxylic acids is 1. The van der Waals surface area contributed by atoms with Crippen LogP contribution < -0.4 is 10.6 Å². The summed E-state index contributed by atoms with van der Waals surface area (Å²) in [6.45, 7) is 12.8. The quantitative estimate of drug-likeness (QED) is 0.851. The van der Waals surface area contributed by atoms with Gasteiger partial charge in [0.25, 0.3) is 0 Å². The Kier molecular flexibility index (Phi) is 4.66. The topological polar surface area (TPSA) is 58.8 Å². The molecule has 0 amide bonds. The molecule has 1 fully saturated rings. The second kappa shape index (κ2) is 6.16. The maximum absolute atomic E-state index is 11.9. The van der Waals surface area contributed by atoms with Crippen molar-refractivity contribution in [2.75, 3.05) is 36.8 Å². The summed E-state index contributed by atoms with van der Waals surface area (Å²) in [6.07, 6.45) is 0. The van der Waals surface area contributed by atoms with Crippen molar-refractivity contribution in [3.8, 4) is 0 Å². The van der Waals surface area contributed by atoms with Crippen molar-refractivity contribution in [3.63, 3.8) is 0 Å². The van der Waals surface area contributed by atoms with Crippen LogP contribution in [0.15, 0.2) is 12.1 Å². The highest BCUT2D eigenvalue weighted by Crippen LogP contribution is 2.26. The predicted octanol–water partition coefficient (Wildman–Crippen LogP) is 2.51. The molecule has 1 aliphatic rings. The molecular weight excluding hydrogens is 278 g/mol. The zero-order valence-corrected chi connectivity index (χ0v) is 14.3. The van der Waals surface area contributed by atoms with Crippen LogP contribution >= 0.6 is 0 Å². The molecule has 1 aromatic rings. The minimum Gasteiger partial charge on any atom is -0.398 e. The lowest BCUT2D eigenvalue weighted by Crippen LogP contribution is -2.48. The van der Waals surface area contributed by atoms with Crippen LogP contribution in [0, 0.1) is 19.3 Å². The normalized spacial score (nSPS) is 16.7. The molecule has 0 aromatic heterocycles. The molecule has 1 aromatic carbocycles. The Labute approximate surface area is 133 Å². The van der Waals surface area contributed by atoms with Crippen LogP contribution in [0.25, 0.3) is 0 Å². The average Bonchev–Trinajstić information content (AvgIpc) is 2.44. The molecule has 5 nitrogen and oxygen atoms in total. The van der Waals surface area contributed by atoms with E-state index in [0.29, 0.717) is 13.1 Å². The maximum Gasteiger partial charge on any atom is 0.330 e. The summed E-state index contributed by atoms with van der Waals surface area (Å²) < 4.78 is 0. The molecule has 1 saturated heterocycles. The fourth-order valence-corrected chi connectivity index (χ4v) is 2.43. The number of hydrogen-bond donors (Lipinski definition) is 1. The van der Waals surface area contributed by atoms with Crippen LogP contribution in [-0.4, -0.2) is 37.2 Å². The predicted molar refractivity (Wildman–Crippen MR) is 89.7 cm³/mol. The van der Waals surface area contributed by atoms with E-state index in [-0.39, 0.29) is 5.97 Å². The molecule has 2 rings (SSSR count). The number of nitrogen functional groups attached to an aromatic ring is 1. The standard InChI is InChI=1S/C17H27N3O2/c1-12-10-14(11-13(2)15(12)18)19-6-8-20(9-7-19)22-16(21)17(3,4)5/h10-11H,6-9,18H2,1-5H3. The van der Waals surface area contributed by atoms with Gasteiger partial charge in [0.2, 0.25) is 0 Å². The summed E-state index contributed by atoms with van der Waals surface area (Å²) in [7, 11) is 0. The number of aryl methyl sites for hydroxylation is 2. The van der Waals surface area contributed by atoms with Gasteiger partial charge in [0.15, 0.2) is 0 Å². The van der Waals surface area contributed by atoms with Crippen molar-refractivity contribution in [1.82, 2.24) is 5.06 Å². The Morgan fingerprint density at radius 3 is 2.05 bits per heavy atom. The van der Waals surface area contributed by atoms with Crippen LogP contribution in [0.3, 0.4) is 0 Å². The molecule has 0 radical (unpaired) electrons. The highest BCUT2D eigenvalue weighted by molar-refractivity contribution is 5.75. The van der Waals surface area contributed by atoms with E-state index in [2.05, 4.69) is 17.0 Å². The van der Waals surface area contributed by atoms with Crippen LogP contribution in [0.2, 0.25) is 0 Å². The Morgan fingerprint density at radius 1 is 1.09 bits per heavy atom. The average molecular weight is 305 g/mol. The summed E-state index contributed by atoms with van der Waals surface area (Å²) in [5.74, 6) is -0.180. The van der Waals surface area contributed by atoms with Crippen LogP contribution in [0.1, 0.15) is 31.9 Å². The number of piperazine rings is 1. The van der Waals surface area contributed by atoms with Gasteiger partial charge in [-0.2, -0.15) is 0 Å². The summed E-state index contributed by atoms with van der Waals surface area (Å²) >= 11 is 0. The summed E-state index contributed by atoms with van der Waals surface area (Å²) in [4.78, 5) is 19.7. The molecule has 0 spiro atoms. The largest absolute Gasteiger partial charge is 0.398 e. The number of nitrogens with zero attached hydrogens (tertiary/aromatic N) is 2. The van der Waals surface area contributed by atoms with Crippen molar-refractivity contribution >= 4 is 17.3 Å². The third-order valence-electron chi connectivity index (χ3n) is 4.01. The van der Waals surface area contributed by atoms with Gasteiger partial charge in [-0.05, 0) is 57.9 Å². The molecule has 0 bridgehead atoms. The molecule has 0 atom stereocenters. The van der Waals surface area contributed by atoms with Gasteiger partial charge in [-0.25, -0.2) is 4.79 Å². The van der Waals surface area contributed by atoms with Gasteiger partial charge in [0, 0.05) is 24.5 Å². The number of hydroxylamine groups is 2. The monoisotopic (exact) mass is 305 g/mol. The second-order valence-corrected chi connectivity index (χ2v) is 7.04. The van der Waals surface area contributed by atoms with Gasteiger partial charge in [-0.15, -0.1) is 5.06 Å². The minimum atomic E-state index is -0.470. The van der Waals surface area contributed by atoms with E-state index in [1.807, 2.05) is 34.6 Å². The molecule has 0 saturated carbocycles. The van der Waals surface area contributed by atoms with Crippen molar-refractivity contribution in [1.29, 1.82) is 0 Å². The Balaban J connectivity index is 1.97. The zero-order chi connectivity index (χ0) is 16.5. The number of anilines is 2. The number of nitrogens with two attached hydrogens (primary N) is 1. The molecule has 1 aliphatic heterocycles. The van der Waals surface area contributed by atoms with E-state index in [1.54, 1.807) is 5.06 Å². The smallest absolute Gasteiger partial charge is 0.330 e. The molecule has 0 unspecified atom stereocenters. The van der Waals surface area contributed by atoms with Crippen LogP contribution in [-0.2, 0) is 9.63 Å². The Hall–Kier alpha value is -1.75. The summed E-state index contributed by atoms with van der Waals surface area (Å²) in [5.41, 5.74) is 9.81. The van der Waals surface area contributed by atoms with E-state index >= 15 is 0 Å². The first kappa shape index (κ1) is 16.6. The van der Waals surface area contributed by atoms with E-state index in [1.165, 1.54) is 5.69 Å². The number of carbonyl (C=O) groups is 1. The minimum absolute atomic E-state index is 0.180. The fraction of sp³-hybridized carbons (Fsp3) is 0.588.